The van der Waals surface area contributed by atoms with E-state index in [4.69, 9.17) is 60.0 Å². The number of benzene rings is 6. The average Bonchev–Trinajstić information content (AvgIpc) is 3.43. The summed E-state index contributed by atoms with van der Waals surface area (Å²) in [5.74, 6) is 0. The van der Waals surface area contributed by atoms with E-state index in [0.717, 1.165) is 10.4 Å². The first-order chi connectivity index (χ1) is 35.9. The number of rotatable bonds is 29. The molecular weight excluding hydrogens is 1000 g/mol. The van der Waals surface area contributed by atoms with Gasteiger partial charge in [0.2, 0.25) is 0 Å². The van der Waals surface area contributed by atoms with Crippen molar-refractivity contribution in [3.8, 4) is 0 Å². The van der Waals surface area contributed by atoms with Crippen molar-refractivity contribution in [3.05, 3.63) is 204 Å². The molecule has 1 aliphatic carbocycles. The molecule has 0 N–H and O–H groups in total. The Labute approximate surface area is 436 Å². The molecule has 15 nitrogen and oxygen atoms in total. The van der Waals surface area contributed by atoms with E-state index in [1.165, 1.54) is 21.3 Å². The first-order valence-electron chi connectivity index (χ1n) is 24.3. The zero-order chi connectivity index (χ0) is 52.3. The molecule has 0 aromatic heterocycles. The van der Waals surface area contributed by atoms with Crippen molar-refractivity contribution in [1.82, 2.24) is 0 Å². The van der Waals surface area contributed by atoms with Gasteiger partial charge >= 0.3 is 15.6 Å². The summed E-state index contributed by atoms with van der Waals surface area (Å²) in [4.78, 5) is 0. The molecule has 0 unspecified atom stereocenters. The summed E-state index contributed by atoms with van der Waals surface area (Å²) in [6.45, 7) is 4.65. The lowest BCUT2D eigenvalue weighted by molar-refractivity contribution is -0.278. The Morgan fingerprint density at radius 3 is 0.905 bits per heavy atom. The summed E-state index contributed by atoms with van der Waals surface area (Å²) in [5.41, 5.74) is 2.72. The van der Waals surface area contributed by atoms with E-state index in [0.29, 0.717) is 22.3 Å². The molecule has 7 rings (SSSR count). The van der Waals surface area contributed by atoms with Crippen molar-refractivity contribution in [2.24, 2.45) is 0 Å². The molecule has 6 aromatic carbocycles. The number of hydrogen-bond acceptors (Lipinski definition) is 15. The Balaban J connectivity index is 1.45. The van der Waals surface area contributed by atoms with Gasteiger partial charge in [-0.25, -0.2) is 9.13 Å². The van der Waals surface area contributed by atoms with Crippen LogP contribution in [-0.4, -0.2) is 86.6 Å². The monoisotopic (exact) mass is 1070 g/mol. The van der Waals surface area contributed by atoms with Crippen molar-refractivity contribution in [2.75, 3.05) is 41.7 Å². The van der Waals surface area contributed by atoms with Crippen LogP contribution in [0.2, 0.25) is 5.04 Å². The molecule has 0 aliphatic heterocycles. The highest BCUT2D eigenvalue weighted by Gasteiger charge is 2.63. The highest BCUT2D eigenvalue weighted by molar-refractivity contribution is 7.48. The van der Waals surface area contributed by atoms with Gasteiger partial charge in [-0.05, 0) is 37.7 Å². The second kappa shape index (κ2) is 28.0. The normalized spacial score (nSPS) is 19.6. The number of phosphoric acid groups is 2. The Hall–Kier alpha value is -4.52. The van der Waals surface area contributed by atoms with Crippen LogP contribution in [0.4, 0.5) is 0 Å². The highest BCUT2D eigenvalue weighted by atomic mass is 31.2. The minimum Gasteiger partial charge on any atom is -0.399 e. The van der Waals surface area contributed by atoms with Gasteiger partial charge in [-0.1, -0.05) is 203 Å². The molecule has 6 atom stereocenters. The van der Waals surface area contributed by atoms with Crippen LogP contribution in [-0.2, 0) is 95.5 Å². The molecule has 0 bridgehead atoms. The summed E-state index contributed by atoms with van der Waals surface area (Å²) in [5, 5.41) is 1.26. The maximum atomic E-state index is 15.9. The lowest BCUT2D eigenvalue weighted by atomic mass is 9.84. The molecule has 74 heavy (non-hydrogen) atoms. The Bertz CT molecular complexity index is 2490. The van der Waals surface area contributed by atoms with E-state index in [2.05, 4.69) is 45.0 Å². The molecule has 0 amide bonds. The van der Waals surface area contributed by atoms with Crippen molar-refractivity contribution >= 4 is 34.3 Å². The quantitative estimate of drug-likeness (QED) is 0.0248. The van der Waals surface area contributed by atoms with Crippen LogP contribution in [0.5, 0.6) is 0 Å². The van der Waals surface area contributed by atoms with E-state index in [-0.39, 0.29) is 46.8 Å². The maximum absolute atomic E-state index is 15.9. The van der Waals surface area contributed by atoms with E-state index in [9.17, 15) is 0 Å². The van der Waals surface area contributed by atoms with Gasteiger partial charge in [-0.2, -0.15) is 0 Å². The number of ether oxygens (including phenoxy) is 6. The van der Waals surface area contributed by atoms with E-state index < -0.39 is 65.6 Å². The number of methoxy groups -OCH3 is 3. The van der Waals surface area contributed by atoms with Crippen molar-refractivity contribution in [3.63, 3.8) is 0 Å². The lowest BCUT2D eigenvalue weighted by Gasteiger charge is -2.53. The molecule has 0 spiro atoms. The molecule has 0 heterocycles. The Kier molecular flexibility index (Phi) is 21.7. The fraction of sp³-hybridized carbons (Fsp3) is 0.357. The summed E-state index contributed by atoms with van der Waals surface area (Å²) >= 11 is 0. The zero-order valence-corrected chi connectivity index (χ0v) is 45.5. The standard InChI is InChI=1S/C56H68O15P2Si/c1-56(2,3)74(48-33-21-11-22-34-48,49-35-23-12-24-36-49)71-55-51(63-42-60-5)50(62-41-59-4)53(69-72(57,65-37-44-25-13-7-14-26-44)66-38-45-27-15-8-16-28-45)54(52(55)64-43-61-6)70-73(58,67-39-46-29-17-9-18-30-46)68-40-47-31-19-10-20-32-47/h7-36,50-55H,37-43H2,1-6H3/t50-,51-,52-,53+,54+,55+/m1/s1. The lowest BCUT2D eigenvalue weighted by Crippen LogP contribution is -2.74. The summed E-state index contributed by atoms with van der Waals surface area (Å²) in [7, 11) is -8.78. The Morgan fingerprint density at radius 1 is 0.378 bits per heavy atom. The molecule has 1 aliphatic rings. The first kappa shape index (κ1) is 57.2. The summed E-state index contributed by atoms with van der Waals surface area (Å²) < 4.78 is 115. The fourth-order valence-electron chi connectivity index (χ4n) is 8.81. The third-order valence-electron chi connectivity index (χ3n) is 12.2. The maximum Gasteiger partial charge on any atom is 0.475 e. The first-order valence-corrected chi connectivity index (χ1v) is 29.1. The van der Waals surface area contributed by atoms with Crippen LogP contribution < -0.4 is 10.4 Å². The van der Waals surface area contributed by atoms with Gasteiger partial charge in [-0.3, -0.25) is 27.1 Å². The van der Waals surface area contributed by atoms with Crippen LogP contribution in [0.3, 0.4) is 0 Å². The van der Waals surface area contributed by atoms with Crippen LogP contribution in [0.1, 0.15) is 43.0 Å². The van der Waals surface area contributed by atoms with Gasteiger partial charge in [0, 0.05) is 21.3 Å². The molecule has 0 radical (unpaired) electrons. The SMILES string of the molecule is COCO[C@@H]1[C@@H](OCOC)[C@H](OP(=O)(OCc2ccccc2)OCc2ccccc2)[C@@H](OP(=O)(OCc2ccccc2)OCc2ccccc2)[C@@H](OCOC)[C@H]1O[Si](c1ccccc1)(c1ccccc1)C(C)(C)C. The summed E-state index contributed by atoms with van der Waals surface area (Å²) in [6.07, 6.45) is -8.44. The molecule has 396 valence electrons. The fourth-order valence-corrected chi connectivity index (χ4v) is 16.2. The van der Waals surface area contributed by atoms with E-state index in [1.807, 2.05) is 158 Å². The van der Waals surface area contributed by atoms with Crippen LogP contribution >= 0.6 is 15.6 Å². The predicted octanol–water partition coefficient (Wildman–Crippen LogP) is 10.8. The molecule has 1 saturated carbocycles. The van der Waals surface area contributed by atoms with Crippen LogP contribution in [0, 0.1) is 0 Å². The molecular formula is C56H68O15P2Si. The molecule has 0 saturated heterocycles. The predicted molar refractivity (Wildman–Crippen MR) is 283 cm³/mol. The van der Waals surface area contributed by atoms with Gasteiger partial charge in [0.05, 0.1) is 26.4 Å². The van der Waals surface area contributed by atoms with Gasteiger partial charge in [0.15, 0.2) is 0 Å². The smallest absolute Gasteiger partial charge is 0.399 e. The van der Waals surface area contributed by atoms with Gasteiger partial charge in [0.25, 0.3) is 8.32 Å². The largest absolute Gasteiger partial charge is 0.475 e. The van der Waals surface area contributed by atoms with Gasteiger partial charge < -0.3 is 32.8 Å². The topological polar surface area (TPSA) is 154 Å². The van der Waals surface area contributed by atoms with Crippen molar-refractivity contribution in [2.45, 2.75) is 88.9 Å². The molecule has 1 fully saturated rings. The second-order valence-electron chi connectivity index (χ2n) is 18.4. The van der Waals surface area contributed by atoms with Crippen LogP contribution in [0.15, 0.2) is 182 Å². The number of hydrogen-bond donors (Lipinski definition) is 0. The summed E-state index contributed by atoms with van der Waals surface area (Å²) in [6, 6.07) is 56.7. The average molecular weight is 1070 g/mol. The van der Waals surface area contributed by atoms with Crippen LogP contribution in [0.25, 0.3) is 0 Å². The molecule has 6 aromatic rings. The van der Waals surface area contributed by atoms with E-state index >= 15 is 9.13 Å². The van der Waals surface area contributed by atoms with Gasteiger partial charge in [0.1, 0.15) is 57.0 Å². The highest BCUT2D eigenvalue weighted by Crippen LogP contribution is 2.59. The third-order valence-corrected chi connectivity index (χ3v) is 20.1. The molecule has 18 heteroatoms. The minimum atomic E-state index is -4.81. The second-order valence-corrected chi connectivity index (χ2v) is 25.9. The minimum absolute atomic E-state index is 0.194. The van der Waals surface area contributed by atoms with Crippen molar-refractivity contribution < 1.29 is 69.1 Å². The third kappa shape index (κ3) is 15.3. The van der Waals surface area contributed by atoms with Gasteiger partial charge in [-0.15, -0.1) is 0 Å². The Morgan fingerprint density at radius 2 is 0.635 bits per heavy atom. The number of phosphoric ester groups is 2. The van der Waals surface area contributed by atoms with E-state index in [1.54, 1.807) is 0 Å². The zero-order valence-electron chi connectivity index (χ0n) is 42.8. The van der Waals surface area contributed by atoms with Crippen molar-refractivity contribution in [1.29, 1.82) is 0 Å².